The zero-order valence-electron chi connectivity index (χ0n) is 12.8. The van der Waals surface area contributed by atoms with E-state index in [2.05, 4.69) is 5.32 Å². The SMILES string of the molecule is CCCC1(C(=O)O)CCN(C(=O)N(C)CCNC)CC1. The molecule has 0 aromatic carbocycles. The van der Waals surface area contributed by atoms with Crippen LogP contribution in [0.1, 0.15) is 32.6 Å². The highest BCUT2D eigenvalue weighted by Crippen LogP contribution is 2.36. The van der Waals surface area contributed by atoms with Gasteiger partial charge in [0.15, 0.2) is 0 Å². The van der Waals surface area contributed by atoms with Gasteiger partial charge >= 0.3 is 12.0 Å². The summed E-state index contributed by atoms with van der Waals surface area (Å²) in [6.45, 7) is 4.49. The van der Waals surface area contributed by atoms with Gasteiger partial charge in [-0.05, 0) is 26.3 Å². The number of urea groups is 1. The maximum atomic E-state index is 12.2. The Morgan fingerprint density at radius 1 is 1.35 bits per heavy atom. The van der Waals surface area contributed by atoms with Crippen LogP contribution in [0.5, 0.6) is 0 Å². The van der Waals surface area contributed by atoms with Crippen LogP contribution in [0, 0.1) is 5.41 Å². The summed E-state index contributed by atoms with van der Waals surface area (Å²) in [5.41, 5.74) is -0.630. The number of carboxylic acid groups (broad SMARTS) is 1. The predicted molar refractivity (Wildman–Crippen MR) is 77.7 cm³/mol. The highest BCUT2D eigenvalue weighted by molar-refractivity contribution is 5.77. The van der Waals surface area contributed by atoms with E-state index in [0.29, 0.717) is 38.9 Å². The second-order valence-electron chi connectivity index (χ2n) is 5.63. The second kappa shape index (κ2) is 7.47. The summed E-state index contributed by atoms with van der Waals surface area (Å²) < 4.78 is 0. The number of carbonyl (C=O) groups excluding carboxylic acids is 1. The molecular weight excluding hydrogens is 258 g/mol. The molecule has 0 saturated carbocycles. The minimum absolute atomic E-state index is 0.00395. The maximum absolute atomic E-state index is 12.2. The van der Waals surface area contributed by atoms with E-state index in [0.717, 1.165) is 13.0 Å². The number of amides is 2. The van der Waals surface area contributed by atoms with Crippen LogP contribution in [0.3, 0.4) is 0 Å². The minimum atomic E-state index is -0.713. The van der Waals surface area contributed by atoms with Crippen molar-refractivity contribution in [2.24, 2.45) is 5.41 Å². The highest BCUT2D eigenvalue weighted by atomic mass is 16.4. The van der Waals surface area contributed by atoms with Crippen molar-refractivity contribution in [3.05, 3.63) is 0 Å². The van der Waals surface area contributed by atoms with Crippen molar-refractivity contribution in [2.45, 2.75) is 32.6 Å². The van der Waals surface area contributed by atoms with Gasteiger partial charge in [-0.1, -0.05) is 13.3 Å². The molecule has 2 N–H and O–H groups in total. The zero-order valence-corrected chi connectivity index (χ0v) is 12.8. The van der Waals surface area contributed by atoms with Gasteiger partial charge < -0.3 is 20.2 Å². The number of piperidine rings is 1. The number of nitrogens with zero attached hydrogens (tertiary/aromatic N) is 2. The summed E-state index contributed by atoms with van der Waals surface area (Å²) in [6, 6.07) is -0.00395. The third kappa shape index (κ3) is 3.85. The van der Waals surface area contributed by atoms with Gasteiger partial charge in [0.05, 0.1) is 5.41 Å². The summed E-state index contributed by atoms with van der Waals surface area (Å²) in [6.07, 6.45) is 2.67. The quantitative estimate of drug-likeness (QED) is 0.770. The Morgan fingerprint density at radius 2 is 1.95 bits per heavy atom. The highest BCUT2D eigenvalue weighted by Gasteiger charge is 2.41. The third-order valence-corrected chi connectivity index (χ3v) is 4.20. The summed E-state index contributed by atoms with van der Waals surface area (Å²) in [5.74, 6) is -0.713. The molecule has 20 heavy (non-hydrogen) atoms. The summed E-state index contributed by atoms with van der Waals surface area (Å²) in [7, 11) is 3.63. The number of likely N-dealkylation sites (tertiary alicyclic amines) is 1. The molecule has 1 saturated heterocycles. The van der Waals surface area contributed by atoms with E-state index in [9.17, 15) is 14.7 Å². The molecule has 0 unspecified atom stereocenters. The van der Waals surface area contributed by atoms with Crippen LogP contribution in [0.25, 0.3) is 0 Å². The number of nitrogens with one attached hydrogen (secondary N) is 1. The molecule has 1 aliphatic heterocycles. The van der Waals surface area contributed by atoms with Gasteiger partial charge in [-0.3, -0.25) is 4.79 Å². The summed E-state index contributed by atoms with van der Waals surface area (Å²) in [5, 5.41) is 12.5. The molecule has 6 heteroatoms. The molecule has 2 amide bonds. The number of hydrogen-bond acceptors (Lipinski definition) is 3. The number of hydrogen-bond donors (Lipinski definition) is 2. The lowest BCUT2D eigenvalue weighted by molar-refractivity contribution is -0.152. The first-order chi connectivity index (χ1) is 9.46. The van der Waals surface area contributed by atoms with E-state index in [-0.39, 0.29) is 6.03 Å². The average molecular weight is 285 g/mol. The van der Waals surface area contributed by atoms with Crippen molar-refractivity contribution in [3.63, 3.8) is 0 Å². The Balaban J connectivity index is 2.56. The van der Waals surface area contributed by atoms with E-state index >= 15 is 0 Å². The Morgan fingerprint density at radius 3 is 2.40 bits per heavy atom. The molecule has 116 valence electrons. The van der Waals surface area contributed by atoms with E-state index in [1.165, 1.54) is 0 Å². The average Bonchev–Trinajstić information content (AvgIpc) is 2.44. The Hall–Kier alpha value is -1.30. The van der Waals surface area contributed by atoms with Crippen molar-refractivity contribution >= 4 is 12.0 Å². The standard InChI is InChI=1S/C14H27N3O3/c1-4-5-14(12(18)19)6-9-17(10-7-14)13(20)16(3)11-8-15-2/h15H,4-11H2,1-3H3,(H,18,19). The molecule has 0 aromatic rings. The molecule has 1 heterocycles. The molecule has 1 rings (SSSR count). The summed E-state index contributed by atoms with van der Waals surface area (Å²) in [4.78, 5) is 27.2. The molecule has 0 atom stereocenters. The van der Waals surface area contributed by atoms with Crippen molar-refractivity contribution in [3.8, 4) is 0 Å². The van der Waals surface area contributed by atoms with E-state index in [1.54, 1.807) is 16.8 Å². The third-order valence-electron chi connectivity index (χ3n) is 4.20. The van der Waals surface area contributed by atoms with Crippen LogP contribution < -0.4 is 5.32 Å². The number of aliphatic carboxylic acids is 1. The lowest BCUT2D eigenvalue weighted by atomic mass is 9.75. The first-order valence-corrected chi connectivity index (χ1v) is 7.35. The number of rotatable bonds is 6. The van der Waals surface area contributed by atoms with Crippen LogP contribution in [-0.2, 0) is 4.79 Å². The molecule has 0 aliphatic carbocycles. The number of carboxylic acids is 1. The van der Waals surface area contributed by atoms with Crippen LogP contribution in [0.15, 0.2) is 0 Å². The van der Waals surface area contributed by atoms with E-state index in [4.69, 9.17) is 0 Å². The maximum Gasteiger partial charge on any atom is 0.319 e. The normalized spacial score (nSPS) is 17.9. The predicted octanol–water partition coefficient (Wildman–Crippen LogP) is 1.22. The van der Waals surface area contributed by atoms with Crippen molar-refractivity contribution in [1.82, 2.24) is 15.1 Å². The topological polar surface area (TPSA) is 72.9 Å². The zero-order chi connectivity index (χ0) is 15.2. The Kier molecular flexibility index (Phi) is 6.26. The van der Waals surface area contributed by atoms with Gasteiger partial charge in [-0.25, -0.2) is 4.79 Å². The minimum Gasteiger partial charge on any atom is -0.481 e. The molecular formula is C14H27N3O3. The van der Waals surface area contributed by atoms with Crippen LogP contribution in [0.4, 0.5) is 4.79 Å². The van der Waals surface area contributed by atoms with Gasteiger partial charge in [-0.15, -0.1) is 0 Å². The monoisotopic (exact) mass is 285 g/mol. The van der Waals surface area contributed by atoms with Gasteiger partial charge in [0.25, 0.3) is 0 Å². The molecule has 0 bridgehead atoms. The molecule has 1 fully saturated rings. The fraction of sp³-hybridized carbons (Fsp3) is 0.857. The van der Waals surface area contributed by atoms with E-state index < -0.39 is 11.4 Å². The van der Waals surface area contributed by atoms with Gasteiger partial charge in [0, 0.05) is 33.2 Å². The second-order valence-corrected chi connectivity index (χ2v) is 5.63. The van der Waals surface area contributed by atoms with Crippen LogP contribution >= 0.6 is 0 Å². The lowest BCUT2D eigenvalue weighted by Gasteiger charge is -2.40. The Labute approximate surface area is 121 Å². The first kappa shape index (κ1) is 16.8. The van der Waals surface area contributed by atoms with Gasteiger partial charge in [0.2, 0.25) is 0 Å². The van der Waals surface area contributed by atoms with Crippen LogP contribution in [-0.4, -0.2) is 67.2 Å². The van der Waals surface area contributed by atoms with E-state index in [1.807, 2.05) is 14.0 Å². The summed E-state index contributed by atoms with van der Waals surface area (Å²) >= 11 is 0. The van der Waals surface area contributed by atoms with Crippen LogP contribution in [0.2, 0.25) is 0 Å². The molecule has 0 aromatic heterocycles. The molecule has 0 radical (unpaired) electrons. The van der Waals surface area contributed by atoms with Gasteiger partial charge in [0.1, 0.15) is 0 Å². The fourth-order valence-electron chi connectivity index (χ4n) is 2.79. The smallest absolute Gasteiger partial charge is 0.319 e. The number of likely N-dealkylation sites (N-methyl/N-ethyl adjacent to an activating group) is 2. The first-order valence-electron chi connectivity index (χ1n) is 7.35. The van der Waals surface area contributed by atoms with Crippen molar-refractivity contribution in [1.29, 1.82) is 0 Å². The Bertz CT molecular complexity index is 339. The van der Waals surface area contributed by atoms with Crippen molar-refractivity contribution in [2.75, 3.05) is 40.3 Å². The van der Waals surface area contributed by atoms with Gasteiger partial charge in [-0.2, -0.15) is 0 Å². The molecule has 0 spiro atoms. The lowest BCUT2D eigenvalue weighted by Crippen LogP contribution is -2.50. The fourth-order valence-corrected chi connectivity index (χ4v) is 2.79. The molecule has 6 nitrogen and oxygen atoms in total. The largest absolute Gasteiger partial charge is 0.481 e. The number of carbonyl (C=O) groups is 2. The molecule has 1 aliphatic rings. The van der Waals surface area contributed by atoms with Crippen molar-refractivity contribution < 1.29 is 14.7 Å².